The van der Waals surface area contributed by atoms with Crippen molar-refractivity contribution >= 4 is 11.8 Å². The number of amides is 2. The Morgan fingerprint density at radius 3 is 2.67 bits per heavy atom. The van der Waals surface area contributed by atoms with Crippen LogP contribution in [0.15, 0.2) is 24.3 Å². The molecule has 2 aliphatic heterocycles. The number of hydrogen-bond donors (Lipinski definition) is 1. The molecule has 1 aromatic carbocycles. The van der Waals surface area contributed by atoms with Crippen molar-refractivity contribution in [2.24, 2.45) is 0 Å². The van der Waals surface area contributed by atoms with E-state index >= 15 is 0 Å². The van der Waals surface area contributed by atoms with Crippen LogP contribution in [0, 0.1) is 0 Å². The van der Waals surface area contributed by atoms with Crippen LogP contribution >= 0.6 is 0 Å². The van der Waals surface area contributed by atoms with Crippen LogP contribution in [0.4, 0.5) is 0 Å². The van der Waals surface area contributed by atoms with E-state index in [1.54, 1.807) is 4.90 Å². The fourth-order valence-electron chi connectivity index (χ4n) is 3.82. The maximum absolute atomic E-state index is 13.2. The molecule has 0 aromatic heterocycles. The maximum atomic E-state index is 13.2. The van der Waals surface area contributed by atoms with Gasteiger partial charge in [0.1, 0.15) is 5.75 Å². The molecule has 1 aromatic rings. The number of carbonyl (C=O) groups excluding carboxylic acids is 2. The Kier molecular flexibility index (Phi) is 8.96. The highest BCUT2D eigenvalue weighted by Crippen LogP contribution is 2.18. The highest BCUT2D eigenvalue weighted by Gasteiger charge is 2.25. The molecule has 0 bridgehead atoms. The average Bonchev–Trinajstić information content (AvgIpc) is 3.30. The molecule has 0 aliphatic carbocycles. The van der Waals surface area contributed by atoms with Gasteiger partial charge in [-0.15, -0.1) is 0 Å². The molecule has 7 nitrogen and oxygen atoms in total. The summed E-state index contributed by atoms with van der Waals surface area (Å²) in [5.41, 5.74) is 0.616. The first-order chi connectivity index (χ1) is 14.7. The molecular formula is C23H35N3O4. The first kappa shape index (κ1) is 22.6. The largest absolute Gasteiger partial charge is 0.494 e. The van der Waals surface area contributed by atoms with Crippen molar-refractivity contribution < 1.29 is 19.1 Å². The van der Waals surface area contributed by atoms with E-state index in [0.29, 0.717) is 31.7 Å². The lowest BCUT2D eigenvalue weighted by molar-refractivity contribution is -0.132. The summed E-state index contributed by atoms with van der Waals surface area (Å²) < 4.78 is 11.4. The Morgan fingerprint density at radius 2 is 2.00 bits per heavy atom. The Hall–Kier alpha value is -2.12. The van der Waals surface area contributed by atoms with E-state index in [9.17, 15) is 9.59 Å². The summed E-state index contributed by atoms with van der Waals surface area (Å²) in [5, 5.41) is 3.26. The number of nitrogens with one attached hydrogen (secondary N) is 1. The van der Waals surface area contributed by atoms with Crippen LogP contribution in [0.3, 0.4) is 0 Å². The third-order valence-electron chi connectivity index (χ3n) is 5.67. The molecular weight excluding hydrogens is 382 g/mol. The van der Waals surface area contributed by atoms with Gasteiger partial charge < -0.3 is 24.6 Å². The Morgan fingerprint density at radius 1 is 1.23 bits per heavy atom. The fraction of sp³-hybridized carbons (Fsp3) is 0.652. The minimum Gasteiger partial charge on any atom is -0.494 e. The number of benzene rings is 1. The highest BCUT2D eigenvalue weighted by molar-refractivity contribution is 5.94. The summed E-state index contributed by atoms with van der Waals surface area (Å²) in [4.78, 5) is 29.4. The van der Waals surface area contributed by atoms with Crippen LogP contribution < -0.4 is 10.1 Å². The molecule has 0 spiro atoms. The second-order valence-corrected chi connectivity index (χ2v) is 7.99. The van der Waals surface area contributed by atoms with Crippen LogP contribution in [-0.2, 0) is 9.53 Å². The van der Waals surface area contributed by atoms with Gasteiger partial charge in [-0.3, -0.25) is 9.59 Å². The van der Waals surface area contributed by atoms with Crippen molar-refractivity contribution in [1.82, 2.24) is 15.1 Å². The van der Waals surface area contributed by atoms with Gasteiger partial charge >= 0.3 is 0 Å². The molecule has 2 fully saturated rings. The Bertz CT molecular complexity index is 668. The van der Waals surface area contributed by atoms with E-state index in [1.807, 2.05) is 29.2 Å². The zero-order chi connectivity index (χ0) is 21.2. The van der Waals surface area contributed by atoms with E-state index in [1.165, 1.54) is 0 Å². The van der Waals surface area contributed by atoms with Gasteiger partial charge in [0.2, 0.25) is 5.91 Å². The second kappa shape index (κ2) is 11.9. The molecule has 1 atom stereocenters. The van der Waals surface area contributed by atoms with Gasteiger partial charge in [0, 0.05) is 57.9 Å². The van der Waals surface area contributed by atoms with Gasteiger partial charge in [0.15, 0.2) is 0 Å². The summed E-state index contributed by atoms with van der Waals surface area (Å²) in [5.74, 6) is 0.833. The topological polar surface area (TPSA) is 71.1 Å². The molecule has 2 heterocycles. The van der Waals surface area contributed by atoms with E-state index in [2.05, 4.69) is 12.2 Å². The zero-order valence-corrected chi connectivity index (χ0v) is 18.1. The molecule has 2 saturated heterocycles. The third kappa shape index (κ3) is 6.71. The lowest BCUT2D eigenvalue weighted by Crippen LogP contribution is -2.47. The van der Waals surface area contributed by atoms with Gasteiger partial charge in [-0.1, -0.05) is 13.3 Å². The van der Waals surface area contributed by atoms with Crippen molar-refractivity contribution in [3.8, 4) is 5.75 Å². The Labute approximate surface area is 179 Å². The van der Waals surface area contributed by atoms with Crippen LogP contribution in [0.1, 0.15) is 49.4 Å². The molecule has 3 rings (SSSR count). The van der Waals surface area contributed by atoms with Crippen molar-refractivity contribution in [3.05, 3.63) is 29.8 Å². The van der Waals surface area contributed by atoms with Gasteiger partial charge in [-0.05, 0) is 43.5 Å². The second-order valence-electron chi connectivity index (χ2n) is 7.99. The molecule has 0 saturated carbocycles. The molecule has 1 N–H and O–H groups in total. The Balaban J connectivity index is 1.60. The molecule has 166 valence electrons. The normalized spacial score (nSPS) is 19.0. The number of nitrogens with zero attached hydrogens (tertiary/aromatic N) is 2. The number of piperazine rings is 1. The first-order valence-corrected chi connectivity index (χ1v) is 11.3. The summed E-state index contributed by atoms with van der Waals surface area (Å²) in [7, 11) is 0. The highest BCUT2D eigenvalue weighted by atomic mass is 16.5. The van der Waals surface area contributed by atoms with Crippen LogP contribution in [0.2, 0.25) is 0 Å². The SMILES string of the molecule is CCCCOc1ccc(C(=O)N(CCC(=O)N2CCNCC2)C[C@H]2CCCO2)cc1. The maximum Gasteiger partial charge on any atom is 0.253 e. The van der Waals surface area contributed by atoms with Crippen molar-refractivity contribution in [1.29, 1.82) is 0 Å². The standard InChI is InChI=1S/C23H35N3O4/c1-2-3-16-29-20-8-6-19(7-9-20)23(28)26(18-21-5-4-17-30-21)13-10-22(27)25-14-11-24-12-15-25/h6-9,21,24H,2-5,10-18H2,1H3/t21-/m1/s1. The first-order valence-electron chi connectivity index (χ1n) is 11.3. The molecule has 30 heavy (non-hydrogen) atoms. The van der Waals surface area contributed by atoms with Crippen molar-refractivity contribution in [3.63, 3.8) is 0 Å². The molecule has 0 radical (unpaired) electrons. The summed E-state index contributed by atoms with van der Waals surface area (Å²) >= 11 is 0. The van der Waals surface area contributed by atoms with Gasteiger partial charge in [-0.2, -0.15) is 0 Å². The minimum absolute atomic E-state index is 0.0555. The van der Waals surface area contributed by atoms with Crippen LogP contribution in [-0.4, -0.2) is 80.2 Å². The van der Waals surface area contributed by atoms with Gasteiger partial charge in [0.05, 0.1) is 12.7 Å². The zero-order valence-electron chi connectivity index (χ0n) is 18.1. The molecule has 2 amide bonds. The van der Waals surface area contributed by atoms with Crippen molar-refractivity contribution in [2.45, 2.75) is 45.1 Å². The smallest absolute Gasteiger partial charge is 0.253 e. The lowest BCUT2D eigenvalue weighted by atomic mass is 10.1. The number of unbranched alkanes of at least 4 members (excludes halogenated alkanes) is 1. The van der Waals surface area contributed by atoms with Crippen molar-refractivity contribution in [2.75, 3.05) is 52.5 Å². The van der Waals surface area contributed by atoms with E-state index in [4.69, 9.17) is 9.47 Å². The van der Waals surface area contributed by atoms with E-state index in [-0.39, 0.29) is 17.9 Å². The van der Waals surface area contributed by atoms with Gasteiger partial charge in [0.25, 0.3) is 5.91 Å². The minimum atomic E-state index is -0.0567. The predicted molar refractivity (Wildman–Crippen MR) is 116 cm³/mol. The summed E-state index contributed by atoms with van der Waals surface area (Å²) in [6, 6.07) is 7.31. The fourth-order valence-corrected chi connectivity index (χ4v) is 3.82. The molecule has 0 unspecified atom stereocenters. The monoisotopic (exact) mass is 417 g/mol. The lowest BCUT2D eigenvalue weighted by Gasteiger charge is -2.30. The number of hydrogen-bond acceptors (Lipinski definition) is 5. The van der Waals surface area contributed by atoms with E-state index < -0.39 is 0 Å². The predicted octanol–water partition coefficient (Wildman–Crippen LogP) is 2.31. The average molecular weight is 418 g/mol. The van der Waals surface area contributed by atoms with E-state index in [0.717, 1.165) is 64.2 Å². The molecule has 7 heteroatoms. The van der Waals surface area contributed by atoms with Gasteiger partial charge in [-0.25, -0.2) is 0 Å². The number of ether oxygens (including phenoxy) is 2. The number of rotatable bonds is 10. The quantitative estimate of drug-likeness (QED) is 0.592. The third-order valence-corrected chi connectivity index (χ3v) is 5.67. The number of carbonyl (C=O) groups is 2. The summed E-state index contributed by atoms with van der Waals surface area (Å²) in [6.45, 7) is 7.63. The van der Waals surface area contributed by atoms with Crippen LogP contribution in [0.5, 0.6) is 5.75 Å². The summed E-state index contributed by atoms with van der Waals surface area (Å²) in [6.07, 6.45) is 4.48. The molecule has 2 aliphatic rings. The van der Waals surface area contributed by atoms with Crippen LogP contribution in [0.25, 0.3) is 0 Å².